The number of para-hydroxylation sites is 3. The largest absolute Gasteiger partial charge is 0.309 e. The normalized spacial score (nSPS) is 11.6. The van der Waals surface area contributed by atoms with Crippen molar-refractivity contribution in [2.24, 2.45) is 0 Å². The van der Waals surface area contributed by atoms with E-state index in [-0.39, 0.29) is 0 Å². The van der Waals surface area contributed by atoms with E-state index in [1.807, 2.05) is 11.3 Å². The molecule has 0 aliphatic carbocycles. The van der Waals surface area contributed by atoms with Crippen molar-refractivity contribution in [1.82, 2.24) is 4.57 Å². The Morgan fingerprint density at radius 1 is 0.344 bits per heavy atom. The van der Waals surface area contributed by atoms with Gasteiger partial charge in [-0.15, -0.1) is 11.3 Å². The highest BCUT2D eigenvalue weighted by atomic mass is 32.1. The summed E-state index contributed by atoms with van der Waals surface area (Å²) in [6.07, 6.45) is 0. The molecule has 12 rings (SSSR count). The highest BCUT2D eigenvalue weighted by molar-refractivity contribution is 7.25. The Morgan fingerprint density at radius 2 is 0.918 bits per heavy atom. The number of benzene rings is 10. The van der Waals surface area contributed by atoms with Crippen molar-refractivity contribution in [3.8, 4) is 39.1 Å². The number of hydrogen-bond donors (Lipinski definition) is 0. The summed E-state index contributed by atoms with van der Waals surface area (Å²) in [5, 5.41) is 7.48. The van der Waals surface area contributed by atoms with Gasteiger partial charge in [0.05, 0.1) is 22.4 Å². The molecule has 0 saturated heterocycles. The zero-order chi connectivity index (χ0) is 40.3. The second kappa shape index (κ2) is 14.5. The summed E-state index contributed by atoms with van der Waals surface area (Å²) in [7, 11) is 0. The van der Waals surface area contributed by atoms with E-state index in [1.165, 1.54) is 75.1 Å². The molecule has 12 aromatic rings. The lowest BCUT2D eigenvalue weighted by Gasteiger charge is -2.29. The lowest BCUT2D eigenvalue weighted by molar-refractivity contribution is 1.18. The van der Waals surface area contributed by atoms with Crippen LogP contribution >= 0.6 is 11.3 Å². The van der Waals surface area contributed by atoms with Crippen LogP contribution in [-0.2, 0) is 0 Å². The summed E-state index contributed by atoms with van der Waals surface area (Å²) in [5.41, 5.74) is 14.0. The number of aromatic nitrogens is 1. The van der Waals surface area contributed by atoms with E-state index in [4.69, 9.17) is 0 Å². The van der Waals surface area contributed by atoms with Crippen LogP contribution in [0.25, 0.3) is 91.8 Å². The van der Waals surface area contributed by atoms with Gasteiger partial charge in [-0.05, 0) is 99.3 Å². The van der Waals surface area contributed by atoms with Crippen molar-refractivity contribution < 1.29 is 0 Å². The molecule has 10 aromatic carbocycles. The molecule has 0 aliphatic rings. The van der Waals surface area contributed by atoms with Gasteiger partial charge in [0.25, 0.3) is 0 Å². The second-order valence-electron chi connectivity index (χ2n) is 15.6. The van der Waals surface area contributed by atoms with Gasteiger partial charge in [-0.2, -0.15) is 0 Å². The molecule has 0 atom stereocenters. The maximum absolute atomic E-state index is 2.51. The van der Waals surface area contributed by atoms with Crippen molar-refractivity contribution in [2.45, 2.75) is 0 Å². The van der Waals surface area contributed by atoms with Crippen LogP contribution in [0.1, 0.15) is 0 Å². The molecule has 0 fully saturated rings. The smallest absolute Gasteiger partial charge is 0.0562 e. The Labute approximate surface area is 358 Å². The van der Waals surface area contributed by atoms with E-state index in [2.05, 4.69) is 240 Å². The minimum Gasteiger partial charge on any atom is -0.309 e. The molecule has 2 aromatic heterocycles. The van der Waals surface area contributed by atoms with E-state index < -0.39 is 0 Å². The van der Waals surface area contributed by atoms with Crippen LogP contribution in [0.5, 0.6) is 0 Å². The molecule has 2 nitrogen and oxygen atoms in total. The molecule has 0 radical (unpaired) electrons. The molecule has 0 aliphatic heterocycles. The zero-order valence-electron chi connectivity index (χ0n) is 33.2. The van der Waals surface area contributed by atoms with Crippen molar-refractivity contribution in [2.75, 3.05) is 4.90 Å². The maximum atomic E-state index is 2.51. The van der Waals surface area contributed by atoms with Gasteiger partial charge in [0, 0.05) is 47.9 Å². The molecular weight excluding hydrogens is 757 g/mol. The monoisotopic (exact) mass is 794 g/mol. The van der Waals surface area contributed by atoms with Gasteiger partial charge in [0.1, 0.15) is 0 Å². The number of fused-ring (bicyclic) bond motifs is 7. The van der Waals surface area contributed by atoms with Gasteiger partial charge in [0.15, 0.2) is 0 Å². The van der Waals surface area contributed by atoms with E-state index in [0.29, 0.717) is 0 Å². The van der Waals surface area contributed by atoms with E-state index in [0.717, 1.165) is 33.8 Å². The van der Waals surface area contributed by atoms with Gasteiger partial charge < -0.3 is 9.47 Å². The van der Waals surface area contributed by atoms with Crippen LogP contribution in [-0.4, -0.2) is 4.57 Å². The summed E-state index contributed by atoms with van der Waals surface area (Å²) < 4.78 is 5.02. The first kappa shape index (κ1) is 35.2. The average Bonchev–Trinajstić information content (AvgIpc) is 3.89. The fraction of sp³-hybridized carbons (Fsp3) is 0. The Morgan fingerprint density at radius 3 is 1.77 bits per heavy atom. The molecule has 0 spiro atoms. The Balaban J connectivity index is 1.16. The third kappa shape index (κ3) is 5.78. The molecule has 2 heterocycles. The summed E-state index contributed by atoms with van der Waals surface area (Å²) in [6.45, 7) is 0. The third-order valence-electron chi connectivity index (χ3n) is 12.2. The quantitative estimate of drug-likeness (QED) is 0.156. The van der Waals surface area contributed by atoms with Crippen molar-refractivity contribution >= 4 is 81.1 Å². The van der Waals surface area contributed by atoms with Gasteiger partial charge in [-0.1, -0.05) is 170 Å². The van der Waals surface area contributed by atoms with Gasteiger partial charge in [0.2, 0.25) is 0 Å². The number of thiophene rings is 1. The predicted molar refractivity (Wildman–Crippen MR) is 262 cm³/mol. The number of anilines is 3. The molecule has 286 valence electrons. The van der Waals surface area contributed by atoms with Gasteiger partial charge in [-0.25, -0.2) is 0 Å². The van der Waals surface area contributed by atoms with Crippen LogP contribution in [0.15, 0.2) is 231 Å². The zero-order valence-corrected chi connectivity index (χ0v) is 34.1. The lowest BCUT2D eigenvalue weighted by Crippen LogP contribution is -2.12. The van der Waals surface area contributed by atoms with Crippen molar-refractivity contribution in [3.63, 3.8) is 0 Å². The number of nitrogens with zero attached hydrogens (tertiary/aromatic N) is 2. The topological polar surface area (TPSA) is 8.17 Å². The number of rotatable bonds is 7. The lowest BCUT2D eigenvalue weighted by atomic mass is 9.90. The number of hydrogen-bond acceptors (Lipinski definition) is 2. The first-order chi connectivity index (χ1) is 30.3. The maximum Gasteiger partial charge on any atom is 0.0562 e. The van der Waals surface area contributed by atoms with Crippen LogP contribution in [0.2, 0.25) is 0 Å². The average molecular weight is 795 g/mol. The molecule has 0 bridgehead atoms. The van der Waals surface area contributed by atoms with E-state index in [9.17, 15) is 0 Å². The molecule has 0 saturated carbocycles. The second-order valence-corrected chi connectivity index (χ2v) is 16.7. The van der Waals surface area contributed by atoms with Gasteiger partial charge in [-0.3, -0.25) is 0 Å². The first-order valence-electron chi connectivity index (χ1n) is 20.9. The van der Waals surface area contributed by atoms with Crippen LogP contribution < -0.4 is 4.90 Å². The van der Waals surface area contributed by atoms with Crippen LogP contribution in [0.3, 0.4) is 0 Å². The summed E-state index contributed by atoms with van der Waals surface area (Å²) in [5.74, 6) is 0. The molecular formula is C58H38N2S. The fourth-order valence-electron chi connectivity index (χ4n) is 9.60. The summed E-state index contributed by atoms with van der Waals surface area (Å²) >= 11 is 1.86. The van der Waals surface area contributed by atoms with Crippen LogP contribution in [0.4, 0.5) is 17.1 Å². The highest BCUT2D eigenvalue weighted by Crippen LogP contribution is 2.49. The predicted octanol–water partition coefficient (Wildman–Crippen LogP) is 16.8. The molecule has 0 N–H and O–H groups in total. The highest BCUT2D eigenvalue weighted by Gasteiger charge is 2.24. The Hall–Kier alpha value is -7.72. The first-order valence-corrected chi connectivity index (χ1v) is 21.7. The minimum atomic E-state index is 1.09. The van der Waals surface area contributed by atoms with Crippen LogP contribution in [0, 0.1) is 0 Å². The molecule has 3 heteroatoms. The Kier molecular flexibility index (Phi) is 8.39. The molecule has 61 heavy (non-hydrogen) atoms. The minimum absolute atomic E-state index is 1.09. The molecule has 0 unspecified atom stereocenters. The van der Waals surface area contributed by atoms with Crippen molar-refractivity contribution in [3.05, 3.63) is 231 Å². The van der Waals surface area contributed by atoms with E-state index in [1.54, 1.807) is 0 Å². The third-order valence-corrected chi connectivity index (χ3v) is 13.3. The summed E-state index contributed by atoms with van der Waals surface area (Å²) in [4.78, 5) is 2.51. The fourth-order valence-corrected chi connectivity index (χ4v) is 10.7. The summed E-state index contributed by atoms with van der Waals surface area (Å²) in [6, 6.07) is 84.3. The Bertz CT molecular complexity index is 3590. The van der Waals surface area contributed by atoms with Crippen molar-refractivity contribution in [1.29, 1.82) is 0 Å². The standard InChI is InChI=1S/C58H38N2S/c1-3-18-39(19-4-1)44-29-14-20-40-21-15-31-47(56(40)44)46-26-7-10-32-50(46)60(43-25-13-22-41(38-43)45-30-16-37-55-57(45)49-28-9-12-36-54(49)61-55)53-35-17-34-52-58(53)48-27-8-11-33-51(48)59(52)42-23-5-2-6-24-42/h1-38H. The SMILES string of the molecule is c1ccc(-c2cccc3cccc(-c4ccccc4N(c4cccc(-c5cccc6sc7ccccc7c56)c4)c4cccc5c4c4ccccc4n5-c4ccccc4)c23)cc1. The molecule has 0 amide bonds. The van der Waals surface area contributed by atoms with Gasteiger partial charge >= 0.3 is 0 Å². The van der Waals surface area contributed by atoms with E-state index >= 15 is 0 Å².